The van der Waals surface area contributed by atoms with Gasteiger partial charge in [0, 0.05) is 24.0 Å². The van der Waals surface area contributed by atoms with Gasteiger partial charge in [0.15, 0.2) is 0 Å². The molecule has 0 amide bonds. The summed E-state index contributed by atoms with van der Waals surface area (Å²) < 4.78 is 28.9. The molecule has 0 aliphatic carbocycles. The molecule has 2 unspecified atom stereocenters. The molecule has 4 nitrogen and oxygen atoms in total. The predicted octanol–water partition coefficient (Wildman–Crippen LogP) is 2.12. The first kappa shape index (κ1) is 15.4. The van der Waals surface area contributed by atoms with Crippen molar-refractivity contribution in [2.75, 3.05) is 18.4 Å². The first-order valence-electron chi connectivity index (χ1n) is 6.18. The second-order valence-electron chi connectivity index (χ2n) is 5.26. The number of piperidine rings is 1. The lowest BCUT2D eigenvalue weighted by Crippen LogP contribution is -2.54. The third-order valence-corrected chi connectivity index (χ3v) is 6.41. The fourth-order valence-corrected chi connectivity index (χ4v) is 4.45. The Labute approximate surface area is 113 Å². The highest BCUT2D eigenvalue weighted by Crippen LogP contribution is 2.20. The van der Waals surface area contributed by atoms with E-state index in [1.807, 2.05) is 13.8 Å². The van der Waals surface area contributed by atoms with Crippen molar-refractivity contribution in [3.05, 3.63) is 0 Å². The molecule has 0 aromatic rings. The van der Waals surface area contributed by atoms with Gasteiger partial charge in [-0.2, -0.15) is 17.4 Å². The normalized spacial score (nSPS) is 26.7. The fourth-order valence-electron chi connectivity index (χ4n) is 1.93. The van der Waals surface area contributed by atoms with Crippen LogP contribution in [-0.2, 0) is 10.2 Å². The summed E-state index contributed by atoms with van der Waals surface area (Å²) in [5, 5.41) is 0.624. The van der Waals surface area contributed by atoms with E-state index in [2.05, 4.69) is 27.6 Å². The molecule has 6 heteroatoms. The van der Waals surface area contributed by atoms with E-state index in [1.54, 1.807) is 4.31 Å². The van der Waals surface area contributed by atoms with Crippen molar-refractivity contribution in [3.63, 3.8) is 0 Å². The molecule has 17 heavy (non-hydrogen) atoms. The van der Waals surface area contributed by atoms with E-state index < -0.39 is 15.7 Å². The molecule has 0 aromatic carbocycles. The minimum atomic E-state index is -3.34. The molecule has 1 aliphatic heterocycles. The minimum Gasteiger partial charge on any atom is -0.195 e. The number of nitrogens with zero attached hydrogens (tertiary/aromatic N) is 1. The average Bonchev–Trinajstić information content (AvgIpc) is 2.28. The van der Waals surface area contributed by atoms with E-state index >= 15 is 0 Å². The number of rotatable bonds is 5. The Balaban J connectivity index is 2.74. The maximum atomic E-state index is 12.3. The summed E-state index contributed by atoms with van der Waals surface area (Å²) in [6, 6.07) is 0. The summed E-state index contributed by atoms with van der Waals surface area (Å²) >= 11 is 3.38. The van der Waals surface area contributed by atoms with Gasteiger partial charge in [-0.3, -0.25) is 0 Å². The molecule has 0 radical (unpaired) electrons. The van der Waals surface area contributed by atoms with Gasteiger partial charge in [0.05, 0.1) is 0 Å². The van der Waals surface area contributed by atoms with E-state index in [0.717, 1.165) is 19.3 Å². The zero-order valence-electron chi connectivity index (χ0n) is 10.9. The third-order valence-electron chi connectivity index (χ3n) is 3.41. The van der Waals surface area contributed by atoms with E-state index in [4.69, 9.17) is 0 Å². The molecular formula is C11H23BrN2O2S. The molecule has 0 aromatic heterocycles. The van der Waals surface area contributed by atoms with Crippen LogP contribution in [0, 0.1) is 5.92 Å². The Bertz CT molecular complexity index is 341. The summed E-state index contributed by atoms with van der Waals surface area (Å²) in [5.41, 5.74) is -0.403. The van der Waals surface area contributed by atoms with Crippen LogP contribution in [0.4, 0.5) is 0 Å². The molecule has 2 atom stereocenters. The van der Waals surface area contributed by atoms with E-state index in [0.29, 0.717) is 24.3 Å². The SMILES string of the molecule is CCC(C)(CBr)NS(=O)(=O)N1CCCC(C)C1. The van der Waals surface area contributed by atoms with Crippen LogP contribution in [0.3, 0.4) is 0 Å². The third kappa shape index (κ3) is 4.19. The van der Waals surface area contributed by atoms with Crippen molar-refractivity contribution in [3.8, 4) is 0 Å². The molecule has 0 saturated carbocycles. The van der Waals surface area contributed by atoms with Gasteiger partial charge in [0.25, 0.3) is 10.2 Å². The van der Waals surface area contributed by atoms with Crippen LogP contribution < -0.4 is 4.72 Å². The van der Waals surface area contributed by atoms with Crippen LogP contribution >= 0.6 is 15.9 Å². The van der Waals surface area contributed by atoms with Crippen molar-refractivity contribution >= 4 is 26.1 Å². The summed E-state index contributed by atoms with van der Waals surface area (Å²) in [5.74, 6) is 0.456. The van der Waals surface area contributed by atoms with E-state index in [-0.39, 0.29) is 0 Å². The number of nitrogens with one attached hydrogen (secondary N) is 1. The molecule has 1 aliphatic rings. The number of halogens is 1. The topological polar surface area (TPSA) is 49.4 Å². The highest BCUT2D eigenvalue weighted by Gasteiger charge is 2.33. The smallest absolute Gasteiger partial charge is 0.195 e. The number of hydrogen-bond acceptors (Lipinski definition) is 2. The second kappa shape index (κ2) is 5.99. The predicted molar refractivity (Wildman–Crippen MR) is 74.5 cm³/mol. The fraction of sp³-hybridized carbons (Fsp3) is 1.00. The Morgan fingerprint density at radius 1 is 1.53 bits per heavy atom. The molecule has 0 spiro atoms. The van der Waals surface area contributed by atoms with Gasteiger partial charge in [-0.1, -0.05) is 29.8 Å². The minimum absolute atomic E-state index is 0.403. The van der Waals surface area contributed by atoms with E-state index in [9.17, 15) is 8.42 Å². The van der Waals surface area contributed by atoms with Crippen LogP contribution in [0.2, 0.25) is 0 Å². The summed E-state index contributed by atoms with van der Waals surface area (Å²) in [6.07, 6.45) is 2.84. The molecule has 0 bridgehead atoms. The zero-order valence-corrected chi connectivity index (χ0v) is 13.3. The molecule has 1 heterocycles. The molecule has 1 saturated heterocycles. The Morgan fingerprint density at radius 3 is 2.65 bits per heavy atom. The Hall–Kier alpha value is 0.350. The molecule has 1 fully saturated rings. The number of alkyl halides is 1. The zero-order chi connectivity index (χ0) is 13.1. The van der Waals surface area contributed by atoms with Crippen LogP contribution in [-0.4, -0.2) is 36.7 Å². The standard InChI is InChI=1S/C11H23BrN2O2S/c1-4-11(3,9-12)13-17(15,16)14-7-5-6-10(2)8-14/h10,13H,4-9H2,1-3H3. The van der Waals surface area contributed by atoms with Crippen molar-refractivity contribution in [2.24, 2.45) is 5.92 Å². The lowest BCUT2D eigenvalue weighted by atomic mass is 10.0. The van der Waals surface area contributed by atoms with E-state index in [1.165, 1.54) is 0 Å². The lowest BCUT2D eigenvalue weighted by Gasteiger charge is -2.34. The first-order chi connectivity index (χ1) is 7.83. The van der Waals surface area contributed by atoms with Crippen LogP contribution in [0.1, 0.15) is 40.0 Å². The van der Waals surface area contributed by atoms with Crippen LogP contribution in [0.25, 0.3) is 0 Å². The monoisotopic (exact) mass is 326 g/mol. The largest absolute Gasteiger partial charge is 0.279 e. The first-order valence-corrected chi connectivity index (χ1v) is 8.74. The highest BCUT2D eigenvalue weighted by molar-refractivity contribution is 9.09. The van der Waals surface area contributed by atoms with Crippen molar-refractivity contribution in [1.29, 1.82) is 0 Å². The quantitative estimate of drug-likeness (QED) is 0.787. The molecule has 1 rings (SSSR count). The van der Waals surface area contributed by atoms with Crippen molar-refractivity contribution in [2.45, 2.75) is 45.6 Å². The Morgan fingerprint density at radius 2 is 2.18 bits per heavy atom. The summed E-state index contributed by atoms with van der Waals surface area (Å²) in [6.45, 7) is 7.29. The van der Waals surface area contributed by atoms with Crippen LogP contribution in [0.5, 0.6) is 0 Å². The summed E-state index contributed by atoms with van der Waals surface area (Å²) in [7, 11) is -3.34. The van der Waals surface area contributed by atoms with Gasteiger partial charge >= 0.3 is 0 Å². The maximum Gasteiger partial charge on any atom is 0.279 e. The molecule has 1 N–H and O–H groups in total. The Kier molecular flexibility index (Phi) is 5.43. The second-order valence-corrected chi connectivity index (χ2v) is 7.49. The highest BCUT2D eigenvalue weighted by atomic mass is 79.9. The number of hydrogen-bond donors (Lipinski definition) is 1. The average molecular weight is 327 g/mol. The van der Waals surface area contributed by atoms with Gasteiger partial charge in [-0.05, 0) is 32.1 Å². The van der Waals surface area contributed by atoms with Crippen molar-refractivity contribution < 1.29 is 8.42 Å². The van der Waals surface area contributed by atoms with Gasteiger partial charge in [0.1, 0.15) is 0 Å². The van der Waals surface area contributed by atoms with Gasteiger partial charge in [-0.25, -0.2) is 0 Å². The molecule has 102 valence electrons. The van der Waals surface area contributed by atoms with Gasteiger partial charge in [-0.15, -0.1) is 0 Å². The molecular weight excluding hydrogens is 304 g/mol. The van der Waals surface area contributed by atoms with Crippen molar-refractivity contribution in [1.82, 2.24) is 9.03 Å². The lowest BCUT2D eigenvalue weighted by molar-refractivity contribution is 0.272. The van der Waals surface area contributed by atoms with Gasteiger partial charge < -0.3 is 0 Å². The summed E-state index contributed by atoms with van der Waals surface area (Å²) in [4.78, 5) is 0. The van der Waals surface area contributed by atoms with Gasteiger partial charge in [0.2, 0.25) is 0 Å². The maximum absolute atomic E-state index is 12.3. The van der Waals surface area contributed by atoms with Crippen LogP contribution in [0.15, 0.2) is 0 Å².